The number of aliphatic hydroxyl groups excluding tert-OH is 2. The molecular formula is C9H16O5. The highest BCUT2D eigenvalue weighted by Gasteiger charge is 2.03. The average molecular weight is 204 g/mol. The molecule has 0 aliphatic heterocycles. The first-order valence-corrected chi connectivity index (χ1v) is 4.27. The van der Waals surface area contributed by atoms with Crippen LogP contribution in [0.3, 0.4) is 0 Å². The van der Waals surface area contributed by atoms with Crippen LogP contribution >= 0.6 is 0 Å². The Morgan fingerprint density at radius 1 is 1.50 bits per heavy atom. The van der Waals surface area contributed by atoms with Gasteiger partial charge in [-0.2, -0.15) is 0 Å². The summed E-state index contributed by atoms with van der Waals surface area (Å²) < 4.78 is 9.61. The van der Waals surface area contributed by atoms with Crippen molar-refractivity contribution in [3.8, 4) is 0 Å². The van der Waals surface area contributed by atoms with Crippen LogP contribution in [0.2, 0.25) is 0 Å². The number of ether oxygens (including phenoxy) is 2. The van der Waals surface area contributed by atoms with E-state index in [9.17, 15) is 4.79 Å². The number of hydrogen-bond donors (Lipinski definition) is 2. The molecule has 0 amide bonds. The summed E-state index contributed by atoms with van der Waals surface area (Å²) in [6.45, 7) is 4.95. The first-order chi connectivity index (χ1) is 6.57. The topological polar surface area (TPSA) is 76.0 Å². The number of carbonyl (C=O) groups excluding carboxylic acids is 1. The van der Waals surface area contributed by atoms with Crippen molar-refractivity contribution < 1.29 is 24.5 Å². The molecule has 5 nitrogen and oxygen atoms in total. The van der Waals surface area contributed by atoms with Crippen LogP contribution < -0.4 is 0 Å². The van der Waals surface area contributed by atoms with E-state index in [-0.39, 0.29) is 26.4 Å². The SMILES string of the molecule is C=C(C)C(=O)OCCOCC(O)CO. The van der Waals surface area contributed by atoms with Crippen molar-refractivity contribution in [3.05, 3.63) is 12.2 Å². The molecule has 5 heteroatoms. The van der Waals surface area contributed by atoms with Crippen LogP contribution in [0.4, 0.5) is 0 Å². The van der Waals surface area contributed by atoms with Gasteiger partial charge < -0.3 is 19.7 Å². The summed E-state index contributed by atoms with van der Waals surface area (Å²) in [5, 5.41) is 17.3. The molecule has 0 radical (unpaired) electrons. The zero-order chi connectivity index (χ0) is 11.0. The molecule has 2 N–H and O–H groups in total. The van der Waals surface area contributed by atoms with E-state index in [1.807, 2.05) is 0 Å². The van der Waals surface area contributed by atoms with Crippen LogP contribution in [0.15, 0.2) is 12.2 Å². The normalized spacial score (nSPS) is 12.2. The summed E-state index contributed by atoms with van der Waals surface area (Å²) in [4.78, 5) is 10.8. The molecule has 0 spiro atoms. The van der Waals surface area contributed by atoms with Gasteiger partial charge in [0.15, 0.2) is 0 Å². The molecule has 0 aromatic carbocycles. The van der Waals surface area contributed by atoms with Crippen molar-refractivity contribution in [2.75, 3.05) is 26.4 Å². The van der Waals surface area contributed by atoms with Crippen LogP contribution in [0.1, 0.15) is 6.92 Å². The number of carbonyl (C=O) groups is 1. The predicted octanol–water partition coefficient (Wildman–Crippen LogP) is -0.525. The van der Waals surface area contributed by atoms with Gasteiger partial charge >= 0.3 is 5.97 Å². The van der Waals surface area contributed by atoms with E-state index in [1.54, 1.807) is 6.92 Å². The molecule has 1 atom stereocenters. The standard InChI is InChI=1S/C9H16O5/c1-7(2)9(12)14-4-3-13-6-8(11)5-10/h8,10-11H,1,3-6H2,2H3. The molecule has 0 aromatic rings. The molecule has 1 unspecified atom stereocenters. The fraction of sp³-hybridized carbons (Fsp3) is 0.667. The quantitative estimate of drug-likeness (QED) is 0.331. The van der Waals surface area contributed by atoms with Crippen molar-refractivity contribution in [1.82, 2.24) is 0 Å². The molecule has 0 heterocycles. The second-order valence-corrected chi connectivity index (χ2v) is 2.83. The Hall–Kier alpha value is -0.910. The molecule has 0 bridgehead atoms. The van der Waals surface area contributed by atoms with E-state index >= 15 is 0 Å². The molecule has 0 fully saturated rings. The van der Waals surface area contributed by atoms with Crippen molar-refractivity contribution in [1.29, 1.82) is 0 Å². The Bertz CT molecular complexity index is 190. The molecular weight excluding hydrogens is 188 g/mol. The van der Waals surface area contributed by atoms with E-state index in [1.165, 1.54) is 0 Å². The Morgan fingerprint density at radius 3 is 2.64 bits per heavy atom. The van der Waals surface area contributed by atoms with Crippen LogP contribution in [-0.4, -0.2) is 48.7 Å². The molecule has 0 aromatic heterocycles. The number of aliphatic hydroxyl groups is 2. The third-order valence-electron chi connectivity index (χ3n) is 1.33. The van der Waals surface area contributed by atoms with E-state index in [0.29, 0.717) is 5.57 Å². The van der Waals surface area contributed by atoms with Gasteiger partial charge in [0, 0.05) is 5.57 Å². The van der Waals surface area contributed by atoms with Crippen LogP contribution in [0.25, 0.3) is 0 Å². The summed E-state index contributed by atoms with van der Waals surface area (Å²) in [5.74, 6) is -0.462. The Balaban J connectivity index is 3.30. The first-order valence-electron chi connectivity index (χ1n) is 4.27. The van der Waals surface area contributed by atoms with Gasteiger partial charge in [0.25, 0.3) is 0 Å². The lowest BCUT2D eigenvalue weighted by atomic mass is 10.4. The number of esters is 1. The summed E-state index contributed by atoms with van der Waals surface area (Å²) >= 11 is 0. The Kier molecular flexibility index (Phi) is 7.00. The molecule has 82 valence electrons. The Labute approximate surface area is 82.9 Å². The zero-order valence-corrected chi connectivity index (χ0v) is 8.23. The predicted molar refractivity (Wildman–Crippen MR) is 49.7 cm³/mol. The van der Waals surface area contributed by atoms with Gasteiger partial charge in [-0.05, 0) is 6.92 Å². The highest BCUT2D eigenvalue weighted by molar-refractivity contribution is 5.86. The lowest BCUT2D eigenvalue weighted by Gasteiger charge is -2.08. The van der Waals surface area contributed by atoms with Gasteiger partial charge in [0.2, 0.25) is 0 Å². The molecule has 0 saturated carbocycles. The van der Waals surface area contributed by atoms with Crippen molar-refractivity contribution >= 4 is 5.97 Å². The van der Waals surface area contributed by atoms with Gasteiger partial charge in [-0.15, -0.1) is 0 Å². The summed E-state index contributed by atoms with van der Waals surface area (Å²) in [5.41, 5.74) is 0.334. The van der Waals surface area contributed by atoms with Crippen LogP contribution in [0, 0.1) is 0 Å². The minimum absolute atomic E-state index is 0.0289. The van der Waals surface area contributed by atoms with E-state index in [2.05, 4.69) is 6.58 Å². The maximum Gasteiger partial charge on any atom is 0.333 e. The number of rotatable bonds is 7. The Morgan fingerprint density at radius 2 is 2.14 bits per heavy atom. The van der Waals surface area contributed by atoms with Gasteiger partial charge in [-0.1, -0.05) is 6.58 Å². The van der Waals surface area contributed by atoms with Crippen LogP contribution in [0.5, 0.6) is 0 Å². The van der Waals surface area contributed by atoms with Crippen molar-refractivity contribution in [3.63, 3.8) is 0 Å². The fourth-order valence-electron chi connectivity index (χ4n) is 0.589. The molecule has 0 aliphatic rings. The highest BCUT2D eigenvalue weighted by Crippen LogP contribution is 1.92. The molecule has 0 rings (SSSR count). The fourth-order valence-corrected chi connectivity index (χ4v) is 0.589. The minimum atomic E-state index is -0.883. The molecule has 14 heavy (non-hydrogen) atoms. The van der Waals surface area contributed by atoms with E-state index in [0.717, 1.165) is 0 Å². The van der Waals surface area contributed by atoms with Crippen molar-refractivity contribution in [2.45, 2.75) is 13.0 Å². The van der Waals surface area contributed by atoms with Crippen LogP contribution in [-0.2, 0) is 14.3 Å². The lowest BCUT2D eigenvalue weighted by Crippen LogP contribution is -2.21. The highest BCUT2D eigenvalue weighted by atomic mass is 16.6. The smallest absolute Gasteiger partial charge is 0.333 e. The molecule has 0 aliphatic carbocycles. The van der Waals surface area contributed by atoms with Gasteiger partial charge in [0.1, 0.15) is 12.7 Å². The van der Waals surface area contributed by atoms with Crippen molar-refractivity contribution in [2.24, 2.45) is 0 Å². The maximum atomic E-state index is 10.8. The summed E-state index contributed by atoms with van der Waals surface area (Å²) in [6, 6.07) is 0. The maximum absolute atomic E-state index is 10.8. The second-order valence-electron chi connectivity index (χ2n) is 2.83. The van der Waals surface area contributed by atoms with Gasteiger partial charge in [-0.3, -0.25) is 0 Å². The van der Waals surface area contributed by atoms with E-state index in [4.69, 9.17) is 19.7 Å². The first kappa shape index (κ1) is 13.1. The minimum Gasteiger partial charge on any atom is -0.460 e. The average Bonchev–Trinajstić information content (AvgIpc) is 2.16. The zero-order valence-electron chi connectivity index (χ0n) is 8.23. The molecule has 0 saturated heterocycles. The van der Waals surface area contributed by atoms with Gasteiger partial charge in [0.05, 0.1) is 19.8 Å². The monoisotopic (exact) mass is 204 g/mol. The second kappa shape index (κ2) is 7.49. The summed E-state index contributed by atoms with van der Waals surface area (Å²) in [6.07, 6.45) is -0.883. The van der Waals surface area contributed by atoms with E-state index < -0.39 is 12.1 Å². The third-order valence-corrected chi connectivity index (χ3v) is 1.33. The lowest BCUT2D eigenvalue weighted by molar-refractivity contribution is -0.140. The number of hydrogen-bond acceptors (Lipinski definition) is 5. The summed E-state index contributed by atoms with van der Waals surface area (Å²) in [7, 11) is 0. The largest absolute Gasteiger partial charge is 0.460 e. The third kappa shape index (κ3) is 6.59. The van der Waals surface area contributed by atoms with Gasteiger partial charge in [-0.25, -0.2) is 4.79 Å².